The molecule has 2 amide bonds. The van der Waals surface area contributed by atoms with E-state index in [2.05, 4.69) is 26.9 Å². The van der Waals surface area contributed by atoms with Crippen molar-refractivity contribution in [3.8, 4) is 22.8 Å². The Morgan fingerprint density at radius 1 is 0.860 bits per heavy atom. The molecular weight excluding hydrogens is 558 g/mol. The molecule has 1 unspecified atom stereocenters. The zero-order chi connectivity index (χ0) is 30.0. The number of ether oxygens (including phenoxy) is 1. The molecule has 5 rings (SSSR count). The van der Waals surface area contributed by atoms with Crippen LogP contribution in [0.25, 0.3) is 17.1 Å². The molecule has 9 heteroatoms. The van der Waals surface area contributed by atoms with E-state index >= 15 is 0 Å². The molecular formula is C34H39N5O3S. The average Bonchev–Trinajstić information content (AvgIpc) is 3.48. The Morgan fingerprint density at radius 3 is 2.28 bits per heavy atom. The highest BCUT2D eigenvalue weighted by molar-refractivity contribution is 7.99. The number of piperazine rings is 1. The minimum absolute atomic E-state index is 0.0275. The lowest BCUT2D eigenvalue weighted by Crippen LogP contribution is -2.55. The number of nitrogens with zero attached hydrogens (tertiary/aromatic N) is 5. The maximum atomic E-state index is 13.0. The quantitative estimate of drug-likeness (QED) is 0.150. The van der Waals surface area contributed by atoms with E-state index in [1.54, 1.807) is 18.9 Å². The highest BCUT2D eigenvalue weighted by Gasteiger charge is 2.29. The van der Waals surface area contributed by atoms with E-state index in [-0.39, 0.29) is 17.9 Å². The molecule has 1 aliphatic rings. The van der Waals surface area contributed by atoms with E-state index in [1.807, 2.05) is 89.5 Å². The van der Waals surface area contributed by atoms with Gasteiger partial charge in [0.2, 0.25) is 11.8 Å². The molecule has 1 aliphatic heterocycles. The first-order chi connectivity index (χ1) is 21.0. The van der Waals surface area contributed by atoms with Gasteiger partial charge in [0.05, 0.1) is 7.11 Å². The molecule has 0 aliphatic carbocycles. The van der Waals surface area contributed by atoms with Crippen LogP contribution in [0.5, 0.6) is 5.75 Å². The van der Waals surface area contributed by atoms with Gasteiger partial charge in [0.25, 0.3) is 0 Å². The number of methoxy groups -OCH3 is 1. The van der Waals surface area contributed by atoms with E-state index in [0.29, 0.717) is 32.5 Å². The number of aromatic nitrogens is 3. The van der Waals surface area contributed by atoms with Crippen molar-refractivity contribution >= 4 is 23.6 Å². The fourth-order valence-corrected chi connectivity index (χ4v) is 6.35. The molecule has 3 aromatic carbocycles. The first-order valence-corrected chi connectivity index (χ1v) is 15.9. The number of hydrogen-bond acceptors (Lipinski definition) is 6. The van der Waals surface area contributed by atoms with E-state index in [4.69, 9.17) is 4.74 Å². The van der Waals surface area contributed by atoms with Gasteiger partial charge in [-0.05, 0) is 56.0 Å². The zero-order valence-corrected chi connectivity index (χ0v) is 25.7. The Balaban J connectivity index is 1.10. The van der Waals surface area contributed by atoms with Gasteiger partial charge in [0, 0.05) is 55.5 Å². The Bertz CT molecular complexity index is 1480. The van der Waals surface area contributed by atoms with Crippen molar-refractivity contribution in [2.75, 3.05) is 32.5 Å². The summed E-state index contributed by atoms with van der Waals surface area (Å²) < 4.78 is 7.42. The highest BCUT2D eigenvalue weighted by atomic mass is 32.2. The van der Waals surface area contributed by atoms with Crippen LogP contribution in [0.4, 0.5) is 0 Å². The first kappa shape index (κ1) is 30.4. The summed E-state index contributed by atoms with van der Waals surface area (Å²) in [7, 11) is 1.66. The maximum absolute atomic E-state index is 13.0. The summed E-state index contributed by atoms with van der Waals surface area (Å²) in [5, 5.41) is 9.85. The molecule has 43 heavy (non-hydrogen) atoms. The van der Waals surface area contributed by atoms with E-state index in [1.165, 1.54) is 5.56 Å². The minimum Gasteiger partial charge on any atom is -0.497 e. The van der Waals surface area contributed by atoms with Gasteiger partial charge in [-0.1, -0.05) is 72.4 Å². The number of thioether (sulfide) groups is 1. The van der Waals surface area contributed by atoms with Crippen LogP contribution >= 0.6 is 11.8 Å². The smallest absolute Gasteiger partial charge is 0.223 e. The second-order valence-electron chi connectivity index (χ2n) is 10.8. The Kier molecular flexibility index (Phi) is 10.5. The van der Waals surface area contributed by atoms with Gasteiger partial charge in [0.15, 0.2) is 11.0 Å². The van der Waals surface area contributed by atoms with Crippen molar-refractivity contribution in [3.63, 3.8) is 0 Å². The van der Waals surface area contributed by atoms with E-state index in [0.717, 1.165) is 53.0 Å². The van der Waals surface area contributed by atoms with Crippen molar-refractivity contribution in [2.24, 2.45) is 0 Å². The van der Waals surface area contributed by atoms with Gasteiger partial charge in [-0.15, -0.1) is 10.2 Å². The number of rotatable bonds is 12. The Hall–Kier alpha value is -4.11. The van der Waals surface area contributed by atoms with Crippen molar-refractivity contribution in [1.29, 1.82) is 0 Å². The molecule has 0 radical (unpaired) electrons. The third-order valence-electron chi connectivity index (χ3n) is 7.78. The number of carbonyl (C=O) groups excluding carboxylic acids is 2. The number of carbonyl (C=O) groups is 2. The lowest BCUT2D eigenvalue weighted by atomic mass is 10.1. The SMILES string of the molecule is COc1ccc(-n2c(SCCCCC(=O)N3CCN(C(=O)CCc4ccccc4)C(C)C3)nnc2-c2ccccc2)cc1. The van der Waals surface area contributed by atoms with Crippen molar-refractivity contribution < 1.29 is 14.3 Å². The fourth-order valence-electron chi connectivity index (χ4n) is 5.40. The number of hydrogen-bond donors (Lipinski definition) is 0. The Labute approximate surface area is 258 Å². The Morgan fingerprint density at radius 2 is 1.58 bits per heavy atom. The molecule has 2 heterocycles. The summed E-state index contributed by atoms with van der Waals surface area (Å²) in [5.74, 6) is 2.74. The topological polar surface area (TPSA) is 80.6 Å². The lowest BCUT2D eigenvalue weighted by Gasteiger charge is -2.40. The van der Waals surface area contributed by atoms with Gasteiger partial charge in [0.1, 0.15) is 5.75 Å². The molecule has 1 fully saturated rings. The lowest BCUT2D eigenvalue weighted by molar-refractivity contribution is -0.142. The second-order valence-corrected chi connectivity index (χ2v) is 11.8. The second kappa shape index (κ2) is 14.9. The molecule has 1 aromatic heterocycles. The van der Waals surface area contributed by atoms with Gasteiger partial charge in [-0.3, -0.25) is 14.2 Å². The average molecular weight is 598 g/mol. The molecule has 0 saturated carbocycles. The monoisotopic (exact) mass is 597 g/mol. The molecule has 1 atom stereocenters. The van der Waals surface area contributed by atoms with Gasteiger partial charge in [-0.2, -0.15) is 0 Å². The fraction of sp³-hybridized carbons (Fsp3) is 0.353. The molecule has 224 valence electrons. The highest BCUT2D eigenvalue weighted by Crippen LogP contribution is 2.29. The summed E-state index contributed by atoms with van der Waals surface area (Å²) in [6.45, 7) is 3.83. The zero-order valence-electron chi connectivity index (χ0n) is 24.9. The normalized spacial score (nSPS) is 15.0. The van der Waals surface area contributed by atoms with Crippen LogP contribution in [0, 0.1) is 0 Å². The summed E-state index contributed by atoms with van der Waals surface area (Å²) in [4.78, 5) is 29.7. The molecule has 1 saturated heterocycles. The molecule has 0 bridgehead atoms. The third-order valence-corrected chi connectivity index (χ3v) is 8.80. The van der Waals surface area contributed by atoms with E-state index < -0.39 is 0 Å². The number of unbranched alkanes of at least 4 members (excludes halogenated alkanes) is 1. The van der Waals surface area contributed by atoms with Crippen molar-refractivity contribution in [3.05, 3.63) is 90.5 Å². The van der Waals surface area contributed by atoms with Crippen LogP contribution in [-0.2, 0) is 16.0 Å². The molecule has 0 N–H and O–H groups in total. The summed E-state index contributed by atoms with van der Waals surface area (Å²) in [6, 6.07) is 28.1. The predicted octanol–water partition coefficient (Wildman–Crippen LogP) is 5.90. The number of benzene rings is 3. The van der Waals surface area contributed by atoms with Crippen LogP contribution in [0.3, 0.4) is 0 Å². The van der Waals surface area contributed by atoms with Crippen molar-refractivity contribution in [1.82, 2.24) is 24.6 Å². The van der Waals surface area contributed by atoms with E-state index in [9.17, 15) is 9.59 Å². The van der Waals surface area contributed by atoms with Gasteiger partial charge >= 0.3 is 0 Å². The maximum Gasteiger partial charge on any atom is 0.223 e. The minimum atomic E-state index is 0.0275. The number of amides is 2. The van der Waals surface area contributed by atoms with Crippen molar-refractivity contribution in [2.45, 2.75) is 50.2 Å². The van der Waals surface area contributed by atoms with Crippen LogP contribution in [0.2, 0.25) is 0 Å². The van der Waals surface area contributed by atoms with Crippen LogP contribution in [-0.4, -0.2) is 74.9 Å². The predicted molar refractivity (Wildman–Crippen MR) is 170 cm³/mol. The molecule has 0 spiro atoms. The summed E-state index contributed by atoms with van der Waals surface area (Å²) in [5.41, 5.74) is 3.14. The van der Waals surface area contributed by atoms with Gasteiger partial charge < -0.3 is 14.5 Å². The standard InChI is InChI=1S/C34H39N5O3S/c1-26-25-37(22-23-38(26)32(41)21-16-27-11-5-3-6-12-27)31(40)15-9-10-24-43-34-36-35-33(28-13-7-4-8-14-28)39(34)29-17-19-30(42-2)20-18-29/h3-8,11-14,17-20,26H,9-10,15-16,21-25H2,1-2H3. The molecule has 4 aromatic rings. The van der Waals surface area contributed by atoms with Crippen LogP contribution in [0.15, 0.2) is 90.1 Å². The summed E-state index contributed by atoms with van der Waals surface area (Å²) in [6.07, 6.45) is 3.45. The number of aryl methyl sites for hydroxylation is 1. The largest absolute Gasteiger partial charge is 0.497 e. The van der Waals surface area contributed by atoms with Crippen LogP contribution < -0.4 is 4.74 Å². The third kappa shape index (κ3) is 7.84. The molecule has 8 nitrogen and oxygen atoms in total. The van der Waals surface area contributed by atoms with Crippen LogP contribution in [0.1, 0.15) is 38.2 Å². The van der Waals surface area contributed by atoms with Gasteiger partial charge in [-0.25, -0.2) is 0 Å². The summed E-state index contributed by atoms with van der Waals surface area (Å²) >= 11 is 1.65. The first-order valence-electron chi connectivity index (χ1n) is 14.9.